The van der Waals surface area contributed by atoms with Crippen molar-refractivity contribution in [3.63, 3.8) is 0 Å². The van der Waals surface area contributed by atoms with Crippen molar-refractivity contribution in [3.8, 4) is 0 Å². The molecule has 2 heterocycles. The second-order valence-electron chi connectivity index (χ2n) is 4.92. The predicted molar refractivity (Wildman–Crippen MR) is 75.7 cm³/mol. The van der Waals surface area contributed by atoms with Crippen LogP contribution in [0.15, 0.2) is 18.3 Å². The zero-order valence-electron chi connectivity index (χ0n) is 11.9. The van der Waals surface area contributed by atoms with Gasteiger partial charge in [-0.1, -0.05) is 0 Å². The third-order valence-corrected chi connectivity index (χ3v) is 3.18. The summed E-state index contributed by atoms with van der Waals surface area (Å²) in [6.45, 7) is 5.55. The Morgan fingerprint density at radius 3 is 2.95 bits per heavy atom. The van der Waals surface area contributed by atoms with Crippen molar-refractivity contribution in [1.82, 2.24) is 9.88 Å². The number of aliphatic hydroxyl groups is 1. The van der Waals surface area contributed by atoms with E-state index in [1.807, 2.05) is 19.9 Å². The number of rotatable bonds is 4. The molecule has 1 amide bonds. The highest BCUT2D eigenvalue weighted by atomic mass is 16.5. The molecule has 1 aliphatic rings. The van der Waals surface area contributed by atoms with Crippen molar-refractivity contribution < 1.29 is 14.6 Å². The van der Waals surface area contributed by atoms with Crippen LogP contribution in [0.5, 0.6) is 0 Å². The second-order valence-corrected chi connectivity index (χ2v) is 4.92. The maximum absolute atomic E-state index is 12.4. The molecule has 0 spiro atoms. The van der Waals surface area contributed by atoms with Gasteiger partial charge in [0.25, 0.3) is 5.91 Å². The molecule has 2 rings (SSSR count). The van der Waals surface area contributed by atoms with Crippen LogP contribution in [0.4, 0.5) is 5.69 Å². The molecule has 0 bridgehead atoms. The van der Waals surface area contributed by atoms with Crippen LogP contribution in [0.1, 0.15) is 24.3 Å². The van der Waals surface area contributed by atoms with Crippen LogP contribution in [-0.2, 0) is 4.74 Å². The smallest absolute Gasteiger partial charge is 0.272 e. The van der Waals surface area contributed by atoms with Gasteiger partial charge in [0.2, 0.25) is 0 Å². The van der Waals surface area contributed by atoms with E-state index < -0.39 is 0 Å². The van der Waals surface area contributed by atoms with Gasteiger partial charge in [0.05, 0.1) is 30.7 Å². The summed E-state index contributed by atoms with van der Waals surface area (Å²) in [6.07, 6.45) is 1.26. The monoisotopic (exact) mass is 279 g/mol. The van der Waals surface area contributed by atoms with Crippen LogP contribution in [-0.4, -0.2) is 59.3 Å². The highest BCUT2D eigenvalue weighted by Crippen LogP contribution is 2.14. The minimum atomic E-state index is -0.316. The molecule has 1 fully saturated rings. The standard InChI is InChI=1S/C14H21N3O3/c1-3-15-11-4-5-13(16-6-11)14(19)17-7-10(2)20-12(8-17)9-18/h4-6,10,12,15,18H,3,7-9H2,1-2H3. The number of aromatic nitrogens is 1. The molecule has 0 saturated carbocycles. The first kappa shape index (κ1) is 14.7. The number of pyridine rings is 1. The lowest BCUT2D eigenvalue weighted by atomic mass is 10.2. The van der Waals surface area contributed by atoms with Gasteiger partial charge in [-0.2, -0.15) is 0 Å². The second kappa shape index (κ2) is 6.67. The normalized spacial score (nSPS) is 22.6. The zero-order chi connectivity index (χ0) is 14.5. The lowest BCUT2D eigenvalue weighted by Crippen LogP contribution is -2.50. The number of nitrogens with one attached hydrogen (secondary N) is 1. The van der Waals surface area contributed by atoms with E-state index in [0.29, 0.717) is 18.8 Å². The summed E-state index contributed by atoms with van der Waals surface area (Å²) in [6, 6.07) is 3.56. The van der Waals surface area contributed by atoms with Crippen molar-refractivity contribution in [3.05, 3.63) is 24.0 Å². The van der Waals surface area contributed by atoms with Crippen LogP contribution < -0.4 is 5.32 Å². The van der Waals surface area contributed by atoms with Gasteiger partial charge in [0.15, 0.2) is 0 Å². The van der Waals surface area contributed by atoms with Gasteiger partial charge in [0.1, 0.15) is 5.69 Å². The number of aliphatic hydroxyl groups excluding tert-OH is 1. The van der Waals surface area contributed by atoms with Gasteiger partial charge in [-0.15, -0.1) is 0 Å². The minimum Gasteiger partial charge on any atom is -0.394 e. The number of hydrogen-bond acceptors (Lipinski definition) is 5. The molecule has 1 aliphatic heterocycles. The van der Waals surface area contributed by atoms with Crippen molar-refractivity contribution in [2.45, 2.75) is 26.1 Å². The van der Waals surface area contributed by atoms with Gasteiger partial charge in [-0.3, -0.25) is 4.79 Å². The highest BCUT2D eigenvalue weighted by molar-refractivity contribution is 5.92. The summed E-state index contributed by atoms with van der Waals surface area (Å²) >= 11 is 0. The average Bonchev–Trinajstić information content (AvgIpc) is 2.47. The number of nitrogens with zero attached hydrogens (tertiary/aromatic N) is 2. The first-order valence-electron chi connectivity index (χ1n) is 6.89. The van der Waals surface area contributed by atoms with Crippen molar-refractivity contribution in [2.75, 3.05) is 31.6 Å². The number of carbonyl (C=O) groups excluding carboxylic acids is 1. The van der Waals surface area contributed by atoms with Crippen molar-refractivity contribution in [1.29, 1.82) is 0 Å². The third kappa shape index (κ3) is 3.46. The van der Waals surface area contributed by atoms with E-state index in [1.165, 1.54) is 0 Å². The molecule has 20 heavy (non-hydrogen) atoms. The topological polar surface area (TPSA) is 74.7 Å². The molecule has 110 valence electrons. The van der Waals surface area contributed by atoms with Crippen LogP contribution in [0.25, 0.3) is 0 Å². The fraction of sp³-hybridized carbons (Fsp3) is 0.571. The lowest BCUT2D eigenvalue weighted by Gasteiger charge is -2.35. The van der Waals surface area contributed by atoms with Crippen molar-refractivity contribution >= 4 is 11.6 Å². The van der Waals surface area contributed by atoms with Gasteiger partial charge >= 0.3 is 0 Å². The molecular weight excluding hydrogens is 258 g/mol. The van der Waals surface area contributed by atoms with Crippen LogP contribution in [0.3, 0.4) is 0 Å². The zero-order valence-corrected chi connectivity index (χ0v) is 11.9. The first-order valence-corrected chi connectivity index (χ1v) is 6.89. The van der Waals surface area contributed by atoms with E-state index in [0.717, 1.165) is 12.2 Å². The average molecular weight is 279 g/mol. The van der Waals surface area contributed by atoms with E-state index in [2.05, 4.69) is 10.3 Å². The minimum absolute atomic E-state index is 0.0779. The number of hydrogen-bond donors (Lipinski definition) is 2. The molecule has 0 aromatic carbocycles. The Balaban J connectivity index is 2.06. The predicted octanol–water partition coefficient (Wildman–Crippen LogP) is 0.735. The van der Waals surface area contributed by atoms with E-state index in [-0.39, 0.29) is 24.7 Å². The maximum Gasteiger partial charge on any atom is 0.272 e. The Labute approximate surface area is 118 Å². The van der Waals surface area contributed by atoms with E-state index in [4.69, 9.17) is 4.74 Å². The molecule has 0 aliphatic carbocycles. The summed E-state index contributed by atoms with van der Waals surface area (Å²) in [5.74, 6) is -0.123. The quantitative estimate of drug-likeness (QED) is 0.850. The van der Waals surface area contributed by atoms with Crippen LogP contribution in [0, 0.1) is 0 Å². The number of carbonyl (C=O) groups is 1. The molecule has 0 radical (unpaired) electrons. The summed E-state index contributed by atoms with van der Waals surface area (Å²) in [7, 11) is 0. The van der Waals surface area contributed by atoms with Crippen LogP contribution in [0.2, 0.25) is 0 Å². The van der Waals surface area contributed by atoms with Gasteiger partial charge in [-0.25, -0.2) is 4.98 Å². The summed E-state index contributed by atoms with van der Waals surface area (Å²) in [5, 5.41) is 12.3. The molecule has 1 aromatic heterocycles. The Bertz CT molecular complexity index is 449. The molecule has 6 nitrogen and oxygen atoms in total. The Morgan fingerprint density at radius 2 is 2.35 bits per heavy atom. The first-order chi connectivity index (χ1) is 9.63. The van der Waals surface area contributed by atoms with E-state index in [1.54, 1.807) is 17.2 Å². The maximum atomic E-state index is 12.4. The van der Waals surface area contributed by atoms with Gasteiger partial charge < -0.3 is 20.1 Å². The summed E-state index contributed by atoms with van der Waals surface area (Å²) in [5.41, 5.74) is 1.31. The molecule has 2 unspecified atom stereocenters. The Kier molecular flexibility index (Phi) is 4.92. The number of morpholine rings is 1. The highest BCUT2D eigenvalue weighted by Gasteiger charge is 2.28. The Hall–Kier alpha value is -1.66. The largest absolute Gasteiger partial charge is 0.394 e. The van der Waals surface area contributed by atoms with Crippen LogP contribution >= 0.6 is 0 Å². The molecule has 2 N–H and O–H groups in total. The van der Waals surface area contributed by atoms with Gasteiger partial charge in [0, 0.05) is 19.6 Å². The number of amides is 1. The molecular formula is C14H21N3O3. The fourth-order valence-corrected chi connectivity index (χ4v) is 2.30. The van der Waals surface area contributed by atoms with Crippen molar-refractivity contribution in [2.24, 2.45) is 0 Å². The Morgan fingerprint density at radius 1 is 1.55 bits per heavy atom. The summed E-state index contributed by atoms with van der Waals surface area (Å²) < 4.78 is 5.53. The molecule has 6 heteroatoms. The number of anilines is 1. The van der Waals surface area contributed by atoms with Gasteiger partial charge in [-0.05, 0) is 26.0 Å². The van der Waals surface area contributed by atoms with E-state index in [9.17, 15) is 9.90 Å². The molecule has 1 aromatic rings. The SMILES string of the molecule is CCNc1ccc(C(=O)N2CC(C)OC(CO)C2)nc1. The molecule has 2 atom stereocenters. The number of ether oxygens (including phenoxy) is 1. The fourth-order valence-electron chi connectivity index (χ4n) is 2.30. The molecule has 1 saturated heterocycles. The third-order valence-electron chi connectivity index (χ3n) is 3.18. The summed E-state index contributed by atoms with van der Waals surface area (Å²) in [4.78, 5) is 18.3. The van der Waals surface area contributed by atoms with E-state index >= 15 is 0 Å². The lowest BCUT2D eigenvalue weighted by molar-refractivity contribution is -0.0859.